The molecule has 135 valence electrons. The van der Waals surface area contributed by atoms with Crippen molar-refractivity contribution in [3.8, 4) is 0 Å². The summed E-state index contributed by atoms with van der Waals surface area (Å²) in [6.07, 6.45) is 2.01. The van der Waals surface area contributed by atoms with E-state index < -0.39 is 5.91 Å². The first-order valence-electron chi connectivity index (χ1n) is 8.45. The van der Waals surface area contributed by atoms with E-state index in [1.165, 1.54) is 11.8 Å². The van der Waals surface area contributed by atoms with Crippen LogP contribution in [-0.4, -0.2) is 53.7 Å². The van der Waals surface area contributed by atoms with Gasteiger partial charge in [-0.2, -0.15) is 0 Å². The van der Waals surface area contributed by atoms with Crippen molar-refractivity contribution in [2.45, 2.75) is 18.6 Å². The summed E-state index contributed by atoms with van der Waals surface area (Å²) in [6, 6.07) is 13.7. The van der Waals surface area contributed by atoms with Crippen molar-refractivity contribution in [3.05, 3.63) is 65.5 Å². The van der Waals surface area contributed by atoms with Gasteiger partial charge in [-0.15, -0.1) is 0 Å². The summed E-state index contributed by atoms with van der Waals surface area (Å²) in [6.45, 7) is 2.37. The summed E-state index contributed by atoms with van der Waals surface area (Å²) in [4.78, 5) is 19.8. The van der Waals surface area contributed by atoms with Crippen LogP contribution >= 0.6 is 0 Å². The van der Waals surface area contributed by atoms with Crippen molar-refractivity contribution in [1.29, 1.82) is 0 Å². The Kier molecular flexibility index (Phi) is 7.95. The summed E-state index contributed by atoms with van der Waals surface area (Å²) >= 11 is 0. The first kappa shape index (κ1) is 21.2. The number of likely N-dealkylation sites (N-methyl/N-ethyl adjacent to an activating group) is 1. The SMILES string of the molecule is CN(c1ccc(C([NH-])=O)cn1)[C@H](CN1CC[C@H](O)C1)c1ccccc1.[Pr]. The molecule has 0 spiro atoms. The van der Waals surface area contributed by atoms with Gasteiger partial charge in [0.25, 0.3) is 0 Å². The van der Waals surface area contributed by atoms with Crippen LogP contribution in [-0.2, 0) is 0 Å². The van der Waals surface area contributed by atoms with Crippen LogP contribution in [0, 0.1) is 41.3 Å². The minimum Gasteiger partial charge on any atom is -0.664 e. The quantitative estimate of drug-likeness (QED) is 0.688. The predicted octanol–water partition coefficient (Wildman–Crippen LogP) is 2.52. The molecule has 3 rings (SSSR count). The number of amides is 1. The number of aromatic nitrogens is 1. The number of nitrogens with zero attached hydrogens (tertiary/aromatic N) is 3. The summed E-state index contributed by atoms with van der Waals surface area (Å²) in [5, 5.41) is 9.80. The molecule has 1 aromatic carbocycles. The first-order valence-corrected chi connectivity index (χ1v) is 8.45. The number of aliphatic hydroxyl groups is 1. The molecule has 1 saturated heterocycles. The van der Waals surface area contributed by atoms with Gasteiger partial charge in [-0.25, -0.2) is 4.98 Å². The average Bonchev–Trinajstić information content (AvgIpc) is 3.05. The van der Waals surface area contributed by atoms with Gasteiger partial charge >= 0.3 is 0 Å². The fraction of sp³-hybridized carbons (Fsp3) is 0.368. The van der Waals surface area contributed by atoms with E-state index in [-0.39, 0.29) is 59.0 Å². The maximum atomic E-state index is 11.1. The number of anilines is 1. The monoisotopic (exact) mass is 480 g/mol. The van der Waals surface area contributed by atoms with E-state index in [0.29, 0.717) is 6.54 Å². The van der Waals surface area contributed by atoms with Gasteiger partial charge in [0, 0.05) is 79.7 Å². The zero-order valence-electron chi connectivity index (χ0n) is 14.9. The largest absolute Gasteiger partial charge is 0.664 e. The zero-order valence-corrected chi connectivity index (χ0v) is 18.6. The molecule has 26 heavy (non-hydrogen) atoms. The van der Waals surface area contributed by atoms with E-state index in [1.54, 1.807) is 12.1 Å². The van der Waals surface area contributed by atoms with Crippen LogP contribution in [0.25, 0.3) is 5.73 Å². The molecule has 2 aromatic rings. The second-order valence-electron chi connectivity index (χ2n) is 6.47. The fourth-order valence-corrected chi connectivity index (χ4v) is 3.24. The van der Waals surface area contributed by atoms with Gasteiger partial charge in [0.2, 0.25) is 0 Å². The number of pyridine rings is 1. The number of β-amino-alcohol motifs (C(OH)–C–C–N with tert-alkyl or cyclic N) is 1. The molecule has 0 unspecified atom stereocenters. The standard InChI is InChI=1S/C19H24N4O2.Pr/c1-22(18-8-7-15(11-21-18)19(20)25)17(14-5-3-2-4-6-14)13-23-10-9-16(24)12-23;/h2-8,11,16-17,24H,9-10,12-13H2,1H3,(H2,20,25);/p-1/t16-,17+;/m0./s1. The van der Waals surface area contributed by atoms with Gasteiger partial charge in [-0.05, 0) is 24.1 Å². The normalized spacial score (nSPS) is 18.2. The number of rotatable bonds is 6. The number of benzene rings is 1. The molecule has 0 bridgehead atoms. The van der Waals surface area contributed by atoms with Crippen LogP contribution < -0.4 is 4.90 Å². The third-order valence-corrected chi connectivity index (χ3v) is 4.70. The van der Waals surface area contributed by atoms with Crippen molar-refractivity contribution >= 4 is 11.7 Å². The van der Waals surface area contributed by atoms with Crippen LogP contribution in [0.3, 0.4) is 0 Å². The summed E-state index contributed by atoms with van der Waals surface area (Å²) in [7, 11) is 1.98. The van der Waals surface area contributed by atoms with Crippen LogP contribution in [0.4, 0.5) is 5.82 Å². The molecule has 1 radical (unpaired) electrons. The first-order chi connectivity index (χ1) is 12.0. The molecule has 1 aliphatic heterocycles. The van der Waals surface area contributed by atoms with E-state index >= 15 is 0 Å². The minimum absolute atomic E-state index is 0. The third kappa shape index (κ3) is 5.22. The van der Waals surface area contributed by atoms with Gasteiger partial charge in [0.05, 0.1) is 18.1 Å². The molecule has 7 heteroatoms. The number of carbonyl (C=O) groups is 1. The van der Waals surface area contributed by atoms with Crippen molar-refractivity contribution < 1.29 is 51.2 Å². The van der Waals surface area contributed by atoms with E-state index in [1.807, 2.05) is 25.2 Å². The molecule has 0 saturated carbocycles. The Hall–Kier alpha value is -1.08. The van der Waals surface area contributed by atoms with E-state index in [9.17, 15) is 9.90 Å². The number of hydrogen-bond acceptors (Lipinski definition) is 5. The smallest absolute Gasteiger partial charge is 0.128 e. The summed E-state index contributed by atoms with van der Waals surface area (Å²) < 4.78 is 0. The molecule has 2 N–H and O–H groups in total. The van der Waals surface area contributed by atoms with Gasteiger partial charge in [-0.3, -0.25) is 4.90 Å². The molecule has 1 aromatic heterocycles. The molecular weight excluding hydrogens is 457 g/mol. The van der Waals surface area contributed by atoms with E-state index in [0.717, 1.165) is 25.3 Å². The summed E-state index contributed by atoms with van der Waals surface area (Å²) in [5.74, 6) is 0.0194. The molecule has 1 fully saturated rings. The van der Waals surface area contributed by atoms with E-state index in [2.05, 4.69) is 26.9 Å². The molecule has 0 aliphatic carbocycles. The second kappa shape index (κ2) is 9.74. The van der Waals surface area contributed by atoms with Crippen molar-refractivity contribution in [1.82, 2.24) is 9.88 Å². The average molecular weight is 480 g/mol. The fourth-order valence-electron chi connectivity index (χ4n) is 3.24. The van der Waals surface area contributed by atoms with Gasteiger partial charge < -0.3 is 20.5 Å². The molecular formula is C19H23N4O2Pr-. The number of likely N-dealkylation sites (tertiary alicyclic amines) is 1. The predicted molar refractivity (Wildman–Crippen MR) is 97.5 cm³/mol. The Morgan fingerprint density at radius 3 is 2.62 bits per heavy atom. The topological polar surface area (TPSA) is 80.5 Å². The van der Waals surface area contributed by atoms with Crippen LogP contribution in [0.15, 0.2) is 48.7 Å². The van der Waals surface area contributed by atoms with Crippen molar-refractivity contribution in [2.75, 3.05) is 31.6 Å². The van der Waals surface area contributed by atoms with Crippen LogP contribution in [0.5, 0.6) is 0 Å². The van der Waals surface area contributed by atoms with Gasteiger partial charge in [0.15, 0.2) is 0 Å². The molecule has 2 heterocycles. The molecule has 1 aliphatic rings. The zero-order chi connectivity index (χ0) is 17.8. The second-order valence-corrected chi connectivity index (χ2v) is 6.47. The van der Waals surface area contributed by atoms with Crippen molar-refractivity contribution in [3.63, 3.8) is 0 Å². The van der Waals surface area contributed by atoms with Crippen LogP contribution in [0.2, 0.25) is 0 Å². The molecule has 1 amide bonds. The third-order valence-electron chi connectivity index (χ3n) is 4.70. The summed E-state index contributed by atoms with van der Waals surface area (Å²) in [5.41, 5.74) is 8.62. The van der Waals surface area contributed by atoms with Gasteiger partial charge in [-0.1, -0.05) is 30.3 Å². The number of aliphatic hydroxyl groups excluding tert-OH is 1. The Bertz CT molecular complexity index is 711. The Labute approximate surface area is 187 Å². The van der Waals surface area contributed by atoms with Crippen molar-refractivity contribution in [2.24, 2.45) is 0 Å². The maximum absolute atomic E-state index is 11.1. The Balaban J connectivity index is 0.00000243. The number of carbonyl (C=O) groups excluding carboxylic acids is 1. The number of nitrogens with one attached hydrogen (secondary N) is 1. The van der Waals surface area contributed by atoms with E-state index in [4.69, 9.17) is 5.73 Å². The Morgan fingerprint density at radius 2 is 2.08 bits per heavy atom. The Morgan fingerprint density at radius 1 is 1.35 bits per heavy atom. The maximum Gasteiger partial charge on any atom is 0.128 e. The van der Waals surface area contributed by atoms with Gasteiger partial charge in [0.1, 0.15) is 5.82 Å². The van der Waals surface area contributed by atoms with Crippen LogP contribution in [0.1, 0.15) is 28.4 Å². The number of hydrogen-bond donors (Lipinski definition) is 1. The molecule has 2 atom stereocenters. The minimum atomic E-state index is -0.729. The molecule has 6 nitrogen and oxygen atoms in total.